The van der Waals surface area contributed by atoms with Crippen molar-refractivity contribution in [3.8, 4) is 11.5 Å². The minimum absolute atomic E-state index is 0.0596. The zero-order valence-electron chi connectivity index (χ0n) is 13.4. The molecule has 118 valence electrons. The molecule has 3 N–H and O–H groups in total. The smallest absolute Gasteiger partial charge is 0.124 e. The van der Waals surface area contributed by atoms with Crippen LogP contribution < -0.4 is 5.32 Å². The van der Waals surface area contributed by atoms with Crippen molar-refractivity contribution in [1.29, 1.82) is 0 Å². The maximum Gasteiger partial charge on any atom is 0.124 e. The van der Waals surface area contributed by atoms with Crippen LogP contribution in [0.5, 0.6) is 11.5 Å². The van der Waals surface area contributed by atoms with Gasteiger partial charge in [0.25, 0.3) is 0 Å². The highest BCUT2D eigenvalue weighted by molar-refractivity contribution is 5.40. The van der Waals surface area contributed by atoms with Gasteiger partial charge in [0.05, 0.1) is 0 Å². The van der Waals surface area contributed by atoms with Gasteiger partial charge in [-0.25, -0.2) is 0 Å². The third-order valence-corrected chi connectivity index (χ3v) is 4.95. The largest absolute Gasteiger partial charge is 0.508 e. The molecule has 0 aromatic heterocycles. The summed E-state index contributed by atoms with van der Waals surface area (Å²) in [7, 11) is 4.32. The lowest BCUT2D eigenvalue weighted by Gasteiger charge is -2.44. The Labute approximate surface area is 127 Å². The van der Waals surface area contributed by atoms with Gasteiger partial charge in [-0.05, 0) is 39.9 Å². The van der Waals surface area contributed by atoms with Crippen molar-refractivity contribution in [1.82, 2.24) is 10.2 Å². The second-order valence-corrected chi connectivity index (χ2v) is 6.53. The summed E-state index contributed by atoms with van der Waals surface area (Å²) in [5, 5.41) is 22.9. The molecule has 1 aliphatic carbocycles. The third-order valence-electron chi connectivity index (χ3n) is 4.95. The van der Waals surface area contributed by atoms with Gasteiger partial charge >= 0.3 is 0 Å². The van der Waals surface area contributed by atoms with Gasteiger partial charge in [-0.2, -0.15) is 0 Å². The molecule has 1 aliphatic rings. The first kappa shape index (κ1) is 16.1. The zero-order valence-corrected chi connectivity index (χ0v) is 13.4. The number of phenolic OH excluding ortho intramolecular Hbond substituents is 2. The topological polar surface area (TPSA) is 55.7 Å². The fourth-order valence-electron chi connectivity index (χ4n) is 3.34. The molecule has 0 radical (unpaired) electrons. The van der Waals surface area contributed by atoms with E-state index in [2.05, 4.69) is 31.2 Å². The molecular formula is C17H28N2O2. The monoisotopic (exact) mass is 292 g/mol. The van der Waals surface area contributed by atoms with Gasteiger partial charge in [-0.1, -0.05) is 25.3 Å². The summed E-state index contributed by atoms with van der Waals surface area (Å²) in [4.78, 5) is 2.35. The second-order valence-electron chi connectivity index (χ2n) is 6.53. The van der Waals surface area contributed by atoms with E-state index in [-0.39, 0.29) is 23.1 Å². The molecule has 0 aliphatic heterocycles. The Bertz CT molecular complexity index is 468. The summed E-state index contributed by atoms with van der Waals surface area (Å²) in [6.45, 7) is 2.97. The summed E-state index contributed by atoms with van der Waals surface area (Å²) in [5.41, 5.74) is 1.05. The molecule has 1 atom stereocenters. The first-order valence-electron chi connectivity index (χ1n) is 7.87. The van der Waals surface area contributed by atoms with Crippen LogP contribution >= 0.6 is 0 Å². The van der Waals surface area contributed by atoms with Gasteiger partial charge in [0.1, 0.15) is 11.5 Å². The molecule has 1 aromatic rings. The van der Waals surface area contributed by atoms with E-state index in [9.17, 15) is 10.2 Å². The summed E-state index contributed by atoms with van der Waals surface area (Å²) in [5.74, 6) is 0.248. The molecular weight excluding hydrogens is 264 g/mol. The van der Waals surface area contributed by atoms with Crippen molar-refractivity contribution < 1.29 is 10.2 Å². The highest BCUT2D eigenvalue weighted by Gasteiger charge is 2.34. The minimum atomic E-state index is 0.0596. The molecule has 0 heterocycles. The van der Waals surface area contributed by atoms with Gasteiger partial charge < -0.3 is 20.4 Å². The van der Waals surface area contributed by atoms with E-state index in [0.29, 0.717) is 0 Å². The molecule has 4 nitrogen and oxygen atoms in total. The van der Waals surface area contributed by atoms with Gasteiger partial charge in [-0.15, -0.1) is 0 Å². The number of phenols is 2. The molecule has 1 unspecified atom stereocenters. The minimum Gasteiger partial charge on any atom is -0.508 e. The highest BCUT2D eigenvalue weighted by Crippen LogP contribution is 2.33. The number of hydrogen-bond acceptors (Lipinski definition) is 4. The van der Waals surface area contributed by atoms with Crippen molar-refractivity contribution in [2.24, 2.45) is 0 Å². The average molecular weight is 292 g/mol. The van der Waals surface area contributed by atoms with Crippen molar-refractivity contribution in [3.05, 3.63) is 23.8 Å². The third kappa shape index (κ3) is 3.69. The van der Waals surface area contributed by atoms with Gasteiger partial charge in [-0.3, -0.25) is 0 Å². The number of hydrogen-bond donors (Lipinski definition) is 3. The number of aromatic hydroxyl groups is 2. The predicted molar refractivity (Wildman–Crippen MR) is 85.7 cm³/mol. The number of likely N-dealkylation sites (N-methyl/N-ethyl adjacent to an activating group) is 1. The lowest BCUT2D eigenvalue weighted by atomic mass is 9.80. The molecule has 0 amide bonds. The van der Waals surface area contributed by atoms with Gasteiger partial charge in [0.15, 0.2) is 0 Å². The van der Waals surface area contributed by atoms with Crippen LogP contribution in [-0.2, 0) is 0 Å². The number of nitrogens with zero attached hydrogens (tertiary/aromatic N) is 1. The van der Waals surface area contributed by atoms with Gasteiger partial charge in [0.2, 0.25) is 0 Å². The van der Waals surface area contributed by atoms with Crippen LogP contribution in [-0.4, -0.2) is 41.3 Å². The summed E-state index contributed by atoms with van der Waals surface area (Å²) >= 11 is 0. The summed E-state index contributed by atoms with van der Waals surface area (Å²) in [6, 6.07) is 4.86. The van der Waals surface area contributed by atoms with E-state index in [0.717, 1.165) is 12.1 Å². The zero-order chi connectivity index (χ0) is 15.5. The molecule has 1 aromatic carbocycles. The molecule has 4 heteroatoms. The molecule has 21 heavy (non-hydrogen) atoms. The van der Waals surface area contributed by atoms with Crippen LogP contribution in [0.1, 0.15) is 50.6 Å². The predicted octanol–water partition coefficient (Wildman–Crippen LogP) is 3.01. The molecule has 2 rings (SSSR count). The van der Waals surface area contributed by atoms with Crippen LogP contribution in [0, 0.1) is 0 Å². The number of benzene rings is 1. The maximum absolute atomic E-state index is 9.96. The van der Waals surface area contributed by atoms with Crippen molar-refractivity contribution in [3.63, 3.8) is 0 Å². The van der Waals surface area contributed by atoms with E-state index < -0.39 is 0 Å². The maximum atomic E-state index is 9.96. The van der Waals surface area contributed by atoms with E-state index in [4.69, 9.17) is 0 Å². The molecule has 1 saturated carbocycles. The van der Waals surface area contributed by atoms with Crippen molar-refractivity contribution >= 4 is 0 Å². The Morgan fingerprint density at radius 2 is 1.86 bits per heavy atom. The standard InChI is InChI=1S/C17H28N2O2/c1-13(15-8-7-14(20)11-16(15)21)18-12-17(19(2)3)9-5-4-6-10-17/h7-8,11,13,18,20-21H,4-6,9-10,12H2,1-3H3. The Hall–Kier alpha value is -1.26. The fourth-order valence-corrected chi connectivity index (χ4v) is 3.34. The molecule has 0 bridgehead atoms. The second kappa shape index (κ2) is 6.67. The Morgan fingerprint density at radius 3 is 2.43 bits per heavy atom. The van der Waals surface area contributed by atoms with Crippen LogP contribution in [0.4, 0.5) is 0 Å². The SMILES string of the molecule is CC(NCC1(N(C)C)CCCCC1)c1ccc(O)cc1O. The number of nitrogens with one attached hydrogen (secondary N) is 1. The number of rotatable bonds is 5. The van der Waals surface area contributed by atoms with Gasteiger partial charge in [0, 0.05) is 29.8 Å². The first-order valence-corrected chi connectivity index (χ1v) is 7.87. The van der Waals surface area contributed by atoms with Crippen LogP contribution in [0.2, 0.25) is 0 Å². The van der Waals surface area contributed by atoms with Crippen molar-refractivity contribution in [2.45, 2.75) is 50.6 Å². The molecule has 0 saturated heterocycles. The Morgan fingerprint density at radius 1 is 1.19 bits per heavy atom. The fraction of sp³-hybridized carbons (Fsp3) is 0.647. The highest BCUT2D eigenvalue weighted by atomic mass is 16.3. The van der Waals surface area contributed by atoms with E-state index in [1.54, 1.807) is 12.1 Å². The van der Waals surface area contributed by atoms with Crippen LogP contribution in [0.15, 0.2) is 18.2 Å². The first-order chi connectivity index (χ1) is 9.94. The lowest BCUT2D eigenvalue weighted by Crippen LogP contribution is -2.53. The summed E-state index contributed by atoms with van der Waals surface area (Å²) < 4.78 is 0. The Balaban J connectivity index is 2.03. The summed E-state index contributed by atoms with van der Waals surface area (Å²) in [6.07, 6.45) is 6.36. The molecule has 1 fully saturated rings. The van der Waals surface area contributed by atoms with Crippen molar-refractivity contribution in [2.75, 3.05) is 20.6 Å². The molecule has 0 spiro atoms. The van der Waals surface area contributed by atoms with E-state index in [1.165, 1.54) is 38.2 Å². The van der Waals surface area contributed by atoms with E-state index >= 15 is 0 Å². The van der Waals surface area contributed by atoms with Crippen LogP contribution in [0.25, 0.3) is 0 Å². The Kier molecular flexibility index (Phi) is 5.12. The average Bonchev–Trinajstić information content (AvgIpc) is 2.45. The van der Waals surface area contributed by atoms with Crippen LogP contribution in [0.3, 0.4) is 0 Å². The lowest BCUT2D eigenvalue weighted by molar-refractivity contribution is 0.0957. The quantitative estimate of drug-likeness (QED) is 0.781. The van der Waals surface area contributed by atoms with E-state index in [1.807, 2.05) is 0 Å². The normalized spacial score (nSPS) is 19.6.